The SMILES string of the molecule is O=c1ccc2cccc(C(c3cccc(C(F)(F)F)c3)c3nc[nH]n3)c2[nH]1. The van der Waals surface area contributed by atoms with Crippen molar-refractivity contribution in [1.82, 2.24) is 20.2 Å². The second kappa shape index (κ2) is 6.39. The lowest BCUT2D eigenvalue weighted by molar-refractivity contribution is -0.137. The van der Waals surface area contributed by atoms with Gasteiger partial charge in [0.15, 0.2) is 5.82 Å². The van der Waals surface area contributed by atoms with Crippen molar-refractivity contribution >= 4 is 10.9 Å². The molecule has 1 atom stereocenters. The number of benzene rings is 2. The molecule has 27 heavy (non-hydrogen) atoms. The van der Waals surface area contributed by atoms with Crippen LogP contribution in [0.25, 0.3) is 10.9 Å². The number of pyridine rings is 1. The summed E-state index contributed by atoms with van der Waals surface area (Å²) in [6.07, 6.45) is -3.10. The second-order valence-corrected chi connectivity index (χ2v) is 6.05. The summed E-state index contributed by atoms with van der Waals surface area (Å²) < 4.78 is 39.6. The van der Waals surface area contributed by atoms with E-state index in [9.17, 15) is 18.0 Å². The van der Waals surface area contributed by atoms with Gasteiger partial charge in [0, 0.05) is 6.07 Å². The van der Waals surface area contributed by atoms with Crippen molar-refractivity contribution in [2.75, 3.05) is 0 Å². The van der Waals surface area contributed by atoms with E-state index in [1.165, 1.54) is 18.5 Å². The van der Waals surface area contributed by atoms with Crippen LogP contribution < -0.4 is 5.56 Å². The number of para-hydroxylation sites is 1. The maximum atomic E-state index is 13.2. The minimum absolute atomic E-state index is 0.298. The Hall–Kier alpha value is -3.42. The average molecular weight is 370 g/mol. The Balaban J connectivity index is 1.98. The summed E-state index contributed by atoms with van der Waals surface area (Å²) in [6, 6.07) is 13.5. The van der Waals surface area contributed by atoms with Gasteiger partial charge in [0.25, 0.3) is 0 Å². The predicted octanol–water partition coefficient (Wildman–Crippen LogP) is 3.85. The number of hydrogen-bond donors (Lipinski definition) is 2. The van der Waals surface area contributed by atoms with Crippen molar-refractivity contribution in [1.29, 1.82) is 0 Å². The fourth-order valence-corrected chi connectivity index (χ4v) is 3.16. The lowest BCUT2D eigenvalue weighted by Gasteiger charge is -2.18. The van der Waals surface area contributed by atoms with Crippen LogP contribution in [-0.2, 0) is 6.18 Å². The molecule has 0 radical (unpaired) electrons. The molecule has 2 N–H and O–H groups in total. The lowest BCUT2D eigenvalue weighted by atomic mass is 9.88. The number of aromatic nitrogens is 4. The molecular formula is C19H13F3N4O. The minimum Gasteiger partial charge on any atom is -0.322 e. The maximum Gasteiger partial charge on any atom is 0.416 e. The number of nitrogens with zero attached hydrogens (tertiary/aromatic N) is 2. The van der Waals surface area contributed by atoms with Gasteiger partial charge in [-0.25, -0.2) is 4.98 Å². The predicted molar refractivity (Wildman–Crippen MR) is 93.3 cm³/mol. The third-order valence-electron chi connectivity index (χ3n) is 4.34. The molecule has 0 aliphatic heterocycles. The van der Waals surface area contributed by atoms with Gasteiger partial charge in [-0.15, -0.1) is 0 Å². The van der Waals surface area contributed by atoms with Crippen molar-refractivity contribution in [3.63, 3.8) is 0 Å². The summed E-state index contributed by atoms with van der Waals surface area (Å²) in [4.78, 5) is 18.7. The van der Waals surface area contributed by atoms with Gasteiger partial charge in [-0.1, -0.05) is 36.4 Å². The standard InChI is InChI=1S/C19H13F3N4O/c20-19(21,22)13-5-1-4-12(9-13)16(18-23-10-24-26-18)14-6-2-3-11-7-8-15(27)25-17(11)14/h1-10,16H,(H,25,27)(H,23,24,26). The summed E-state index contributed by atoms with van der Waals surface area (Å²) in [6.45, 7) is 0. The number of fused-ring (bicyclic) bond motifs is 1. The first-order valence-electron chi connectivity index (χ1n) is 8.08. The maximum absolute atomic E-state index is 13.2. The first-order chi connectivity index (χ1) is 12.9. The van der Waals surface area contributed by atoms with Crippen LogP contribution in [0.3, 0.4) is 0 Å². The topological polar surface area (TPSA) is 74.4 Å². The van der Waals surface area contributed by atoms with Crippen LogP contribution in [-0.4, -0.2) is 20.2 Å². The number of H-pyrrole nitrogens is 2. The van der Waals surface area contributed by atoms with Crippen molar-refractivity contribution in [2.24, 2.45) is 0 Å². The highest BCUT2D eigenvalue weighted by atomic mass is 19.4. The molecule has 2 heterocycles. The van der Waals surface area contributed by atoms with Gasteiger partial charge in [-0.2, -0.15) is 18.3 Å². The fourth-order valence-electron chi connectivity index (χ4n) is 3.16. The Morgan fingerprint density at radius 3 is 2.56 bits per heavy atom. The number of alkyl halides is 3. The zero-order valence-electron chi connectivity index (χ0n) is 13.8. The summed E-state index contributed by atoms with van der Waals surface area (Å²) in [5.74, 6) is -0.369. The van der Waals surface area contributed by atoms with Gasteiger partial charge in [0.1, 0.15) is 6.33 Å². The zero-order valence-corrected chi connectivity index (χ0v) is 13.8. The highest BCUT2D eigenvalue weighted by Crippen LogP contribution is 2.36. The normalized spacial score (nSPS) is 13.0. The molecule has 0 amide bonds. The molecule has 4 aromatic rings. The summed E-state index contributed by atoms with van der Waals surface area (Å²) in [5, 5.41) is 7.44. The molecule has 0 saturated carbocycles. The number of hydrogen-bond acceptors (Lipinski definition) is 3. The Morgan fingerprint density at radius 2 is 1.81 bits per heavy atom. The first kappa shape index (κ1) is 17.0. The van der Waals surface area contributed by atoms with Crippen LogP contribution in [0.2, 0.25) is 0 Å². The third-order valence-corrected chi connectivity index (χ3v) is 4.34. The van der Waals surface area contributed by atoms with Crippen molar-refractivity contribution in [3.8, 4) is 0 Å². The molecule has 0 bridgehead atoms. The fraction of sp³-hybridized carbons (Fsp3) is 0.105. The van der Waals surface area contributed by atoms with Gasteiger partial charge in [0.05, 0.1) is 17.0 Å². The Labute approximate surface area is 150 Å². The van der Waals surface area contributed by atoms with Crippen LogP contribution in [0.5, 0.6) is 0 Å². The van der Waals surface area contributed by atoms with Gasteiger partial charge in [-0.05, 0) is 28.6 Å². The van der Waals surface area contributed by atoms with Gasteiger partial charge < -0.3 is 4.98 Å². The molecule has 4 rings (SSSR count). The van der Waals surface area contributed by atoms with E-state index in [-0.39, 0.29) is 5.56 Å². The highest BCUT2D eigenvalue weighted by molar-refractivity contribution is 5.83. The molecule has 0 fully saturated rings. The van der Waals surface area contributed by atoms with E-state index in [0.29, 0.717) is 22.5 Å². The van der Waals surface area contributed by atoms with E-state index in [1.807, 2.05) is 6.07 Å². The van der Waals surface area contributed by atoms with Crippen molar-refractivity contribution < 1.29 is 13.2 Å². The van der Waals surface area contributed by atoms with Gasteiger partial charge in [0.2, 0.25) is 5.56 Å². The van der Waals surface area contributed by atoms with E-state index >= 15 is 0 Å². The largest absolute Gasteiger partial charge is 0.416 e. The van der Waals surface area contributed by atoms with Crippen LogP contribution in [0.1, 0.15) is 28.4 Å². The Bertz CT molecular complexity index is 1150. The second-order valence-electron chi connectivity index (χ2n) is 6.05. The average Bonchev–Trinajstić information content (AvgIpc) is 3.16. The van der Waals surface area contributed by atoms with E-state index in [4.69, 9.17) is 0 Å². The van der Waals surface area contributed by atoms with E-state index < -0.39 is 17.7 Å². The monoisotopic (exact) mass is 370 g/mol. The Morgan fingerprint density at radius 1 is 1.00 bits per heavy atom. The van der Waals surface area contributed by atoms with Gasteiger partial charge >= 0.3 is 6.18 Å². The Kier molecular flexibility index (Phi) is 4.02. The van der Waals surface area contributed by atoms with E-state index in [0.717, 1.165) is 17.5 Å². The molecule has 1 unspecified atom stereocenters. The van der Waals surface area contributed by atoms with E-state index in [2.05, 4.69) is 20.2 Å². The molecule has 8 heteroatoms. The molecule has 0 aliphatic rings. The van der Waals surface area contributed by atoms with Crippen LogP contribution in [0.15, 0.2) is 65.7 Å². The molecular weight excluding hydrogens is 357 g/mol. The van der Waals surface area contributed by atoms with Crippen molar-refractivity contribution in [2.45, 2.75) is 12.1 Å². The minimum atomic E-state index is -4.47. The third kappa shape index (κ3) is 3.21. The molecule has 5 nitrogen and oxygen atoms in total. The quantitative estimate of drug-likeness (QED) is 0.575. The van der Waals surface area contributed by atoms with Crippen LogP contribution in [0.4, 0.5) is 13.2 Å². The van der Waals surface area contributed by atoms with Crippen LogP contribution in [0, 0.1) is 0 Å². The van der Waals surface area contributed by atoms with Crippen molar-refractivity contribution in [3.05, 3.63) is 93.8 Å². The van der Waals surface area contributed by atoms with E-state index in [1.54, 1.807) is 24.3 Å². The molecule has 0 saturated heterocycles. The molecule has 136 valence electrons. The number of halogens is 3. The molecule has 0 spiro atoms. The summed E-state index contributed by atoms with van der Waals surface area (Å²) in [7, 11) is 0. The first-order valence-corrected chi connectivity index (χ1v) is 8.08. The summed E-state index contributed by atoms with van der Waals surface area (Å²) in [5.41, 5.74) is 0.477. The number of nitrogens with one attached hydrogen (secondary N) is 2. The molecule has 0 aliphatic carbocycles. The zero-order chi connectivity index (χ0) is 19.0. The van der Waals surface area contributed by atoms with Crippen LogP contribution >= 0.6 is 0 Å². The number of aromatic amines is 2. The highest BCUT2D eigenvalue weighted by Gasteiger charge is 2.32. The summed E-state index contributed by atoms with van der Waals surface area (Å²) >= 11 is 0. The molecule has 2 aromatic heterocycles. The molecule has 2 aromatic carbocycles. The smallest absolute Gasteiger partial charge is 0.322 e. The number of rotatable bonds is 3. The lowest BCUT2D eigenvalue weighted by Crippen LogP contribution is -2.12. The van der Waals surface area contributed by atoms with Gasteiger partial charge in [-0.3, -0.25) is 9.89 Å².